The van der Waals surface area contributed by atoms with E-state index in [-0.39, 0.29) is 11.8 Å². The van der Waals surface area contributed by atoms with Gasteiger partial charge in [0, 0.05) is 35.8 Å². The van der Waals surface area contributed by atoms with Crippen LogP contribution in [0.5, 0.6) is 0 Å². The molecule has 1 saturated heterocycles. The third-order valence-electron chi connectivity index (χ3n) is 4.06. The highest BCUT2D eigenvalue weighted by Crippen LogP contribution is 2.19. The third kappa shape index (κ3) is 4.54. The van der Waals surface area contributed by atoms with Gasteiger partial charge in [0.05, 0.1) is 6.54 Å². The molecule has 0 aliphatic carbocycles. The Morgan fingerprint density at radius 2 is 1.88 bits per heavy atom. The Hall–Kier alpha value is -2.47. The number of thioether (sulfide) groups is 1. The molecule has 0 radical (unpaired) electrons. The smallest absolute Gasteiger partial charge is 0.255 e. The van der Waals surface area contributed by atoms with E-state index in [9.17, 15) is 9.59 Å². The molecule has 3 rings (SSSR count). The normalized spacial score (nSPS) is 14.1. The summed E-state index contributed by atoms with van der Waals surface area (Å²) >= 11 is 1.76. The average molecular weight is 355 g/mol. The van der Waals surface area contributed by atoms with E-state index in [1.807, 2.05) is 53.4 Å². The first-order valence-electron chi connectivity index (χ1n) is 8.16. The lowest BCUT2D eigenvalue weighted by Gasteiger charge is -2.28. The lowest BCUT2D eigenvalue weighted by Crippen LogP contribution is -2.47. The molecule has 130 valence electrons. The van der Waals surface area contributed by atoms with Crippen molar-refractivity contribution in [1.82, 2.24) is 5.32 Å². The minimum absolute atomic E-state index is 0.0357. The van der Waals surface area contributed by atoms with Crippen LogP contribution in [0.25, 0.3) is 0 Å². The van der Waals surface area contributed by atoms with E-state index in [0.717, 1.165) is 23.7 Å². The van der Waals surface area contributed by atoms with Crippen LogP contribution in [-0.2, 0) is 10.5 Å². The lowest BCUT2D eigenvalue weighted by atomic mass is 10.1. The topological polar surface area (TPSA) is 61.4 Å². The molecular weight excluding hydrogens is 334 g/mol. The summed E-state index contributed by atoms with van der Waals surface area (Å²) in [5, 5.41) is 5.72. The average Bonchev–Trinajstić information content (AvgIpc) is 2.63. The van der Waals surface area contributed by atoms with E-state index in [4.69, 9.17) is 0 Å². The van der Waals surface area contributed by atoms with Crippen LogP contribution in [0.4, 0.5) is 11.4 Å². The summed E-state index contributed by atoms with van der Waals surface area (Å²) in [4.78, 5) is 25.8. The number of piperazine rings is 1. The van der Waals surface area contributed by atoms with E-state index < -0.39 is 0 Å². The number of carbonyl (C=O) groups excluding carboxylic acids is 2. The Labute approximate surface area is 151 Å². The van der Waals surface area contributed by atoms with Crippen molar-refractivity contribution in [2.75, 3.05) is 36.1 Å². The van der Waals surface area contributed by atoms with Crippen LogP contribution < -0.4 is 15.5 Å². The highest BCUT2D eigenvalue weighted by molar-refractivity contribution is 7.97. The molecule has 5 nitrogen and oxygen atoms in total. The highest BCUT2D eigenvalue weighted by Gasteiger charge is 2.16. The maximum atomic E-state index is 12.3. The molecule has 0 atom stereocenters. The van der Waals surface area contributed by atoms with Gasteiger partial charge >= 0.3 is 0 Å². The van der Waals surface area contributed by atoms with E-state index in [1.165, 1.54) is 5.56 Å². The molecule has 6 heteroatoms. The van der Waals surface area contributed by atoms with Gasteiger partial charge in [0.1, 0.15) is 0 Å². The van der Waals surface area contributed by atoms with Crippen molar-refractivity contribution in [3.63, 3.8) is 0 Å². The van der Waals surface area contributed by atoms with E-state index in [1.54, 1.807) is 11.8 Å². The van der Waals surface area contributed by atoms with Crippen LogP contribution in [0.3, 0.4) is 0 Å². The summed E-state index contributed by atoms with van der Waals surface area (Å²) in [6, 6.07) is 15.2. The first kappa shape index (κ1) is 17.4. The van der Waals surface area contributed by atoms with Gasteiger partial charge in [-0.25, -0.2) is 0 Å². The number of hydrogen-bond acceptors (Lipinski definition) is 4. The van der Waals surface area contributed by atoms with Crippen LogP contribution >= 0.6 is 11.8 Å². The summed E-state index contributed by atoms with van der Waals surface area (Å²) in [7, 11) is 0. The second kappa shape index (κ2) is 8.07. The highest BCUT2D eigenvalue weighted by atomic mass is 32.2. The number of nitrogens with zero attached hydrogens (tertiary/aromatic N) is 1. The fourth-order valence-electron chi connectivity index (χ4n) is 2.74. The van der Waals surface area contributed by atoms with Gasteiger partial charge in [-0.15, -0.1) is 0 Å². The van der Waals surface area contributed by atoms with Crippen molar-refractivity contribution in [3.8, 4) is 0 Å². The molecule has 1 aliphatic heterocycles. The minimum Gasteiger partial charge on any atom is -0.360 e. The number of benzene rings is 2. The maximum absolute atomic E-state index is 12.3. The molecule has 2 N–H and O–H groups in total. The van der Waals surface area contributed by atoms with Gasteiger partial charge in [-0.3, -0.25) is 9.59 Å². The van der Waals surface area contributed by atoms with Gasteiger partial charge in [0.15, 0.2) is 0 Å². The molecule has 1 heterocycles. The number of carbonyl (C=O) groups is 2. The molecule has 0 bridgehead atoms. The standard InChI is InChI=1S/C19H21N3O2S/c1-25-13-14-2-4-15(5-3-14)19(24)21-16-6-8-17(9-7-16)22-11-10-20-18(23)12-22/h2-9H,10-13H2,1H3,(H,20,23)(H,21,24). The molecule has 2 aromatic carbocycles. The maximum Gasteiger partial charge on any atom is 0.255 e. The van der Waals surface area contributed by atoms with Crippen molar-refractivity contribution >= 4 is 35.0 Å². The summed E-state index contributed by atoms with van der Waals surface area (Å²) in [6.07, 6.45) is 2.06. The molecule has 0 saturated carbocycles. The van der Waals surface area contributed by atoms with Crippen LogP contribution in [0, 0.1) is 0 Å². The van der Waals surface area contributed by atoms with Crippen LogP contribution in [0.2, 0.25) is 0 Å². The number of rotatable bonds is 5. The second-order valence-corrected chi connectivity index (χ2v) is 6.77. The third-order valence-corrected chi connectivity index (χ3v) is 4.68. The largest absolute Gasteiger partial charge is 0.360 e. The van der Waals surface area contributed by atoms with Crippen LogP contribution in [-0.4, -0.2) is 37.7 Å². The fourth-order valence-corrected chi connectivity index (χ4v) is 3.26. The van der Waals surface area contributed by atoms with Gasteiger partial charge in [-0.05, 0) is 48.2 Å². The Kier molecular flexibility index (Phi) is 5.60. The molecule has 0 spiro atoms. The molecular formula is C19H21N3O2S. The molecule has 0 aromatic heterocycles. The van der Waals surface area contributed by atoms with Crippen molar-refractivity contribution in [1.29, 1.82) is 0 Å². The summed E-state index contributed by atoms with van der Waals surface area (Å²) in [6.45, 7) is 1.82. The van der Waals surface area contributed by atoms with Gasteiger partial charge in [0.25, 0.3) is 5.91 Å². The summed E-state index contributed by atoms with van der Waals surface area (Å²) in [5.74, 6) is 0.854. The van der Waals surface area contributed by atoms with E-state index >= 15 is 0 Å². The first-order chi connectivity index (χ1) is 12.2. The van der Waals surface area contributed by atoms with Crippen molar-refractivity contribution < 1.29 is 9.59 Å². The molecule has 1 aliphatic rings. The van der Waals surface area contributed by atoms with Gasteiger partial charge in [-0.2, -0.15) is 11.8 Å². The molecule has 2 amide bonds. The van der Waals surface area contributed by atoms with Gasteiger partial charge in [-0.1, -0.05) is 12.1 Å². The van der Waals surface area contributed by atoms with Crippen molar-refractivity contribution in [2.24, 2.45) is 0 Å². The zero-order valence-corrected chi connectivity index (χ0v) is 14.9. The minimum atomic E-state index is -0.124. The molecule has 1 fully saturated rings. The Morgan fingerprint density at radius 3 is 2.52 bits per heavy atom. The Morgan fingerprint density at radius 1 is 1.16 bits per heavy atom. The predicted octanol–water partition coefficient (Wildman–Crippen LogP) is 2.74. The van der Waals surface area contributed by atoms with Gasteiger partial charge in [0.2, 0.25) is 5.91 Å². The predicted molar refractivity (Wildman–Crippen MR) is 103 cm³/mol. The quantitative estimate of drug-likeness (QED) is 0.866. The Bertz CT molecular complexity index is 744. The number of anilines is 2. The zero-order chi connectivity index (χ0) is 17.6. The summed E-state index contributed by atoms with van der Waals surface area (Å²) < 4.78 is 0. The van der Waals surface area contributed by atoms with Crippen molar-refractivity contribution in [2.45, 2.75) is 5.75 Å². The number of hydrogen-bond donors (Lipinski definition) is 2. The summed E-state index contributed by atoms with van der Waals surface area (Å²) in [5.41, 5.74) is 3.57. The number of amides is 2. The van der Waals surface area contributed by atoms with Gasteiger partial charge < -0.3 is 15.5 Å². The first-order valence-corrected chi connectivity index (χ1v) is 9.56. The van der Waals surface area contributed by atoms with E-state index in [2.05, 4.69) is 16.9 Å². The molecule has 2 aromatic rings. The molecule has 0 unspecified atom stereocenters. The second-order valence-electron chi connectivity index (χ2n) is 5.90. The molecule has 25 heavy (non-hydrogen) atoms. The lowest BCUT2D eigenvalue weighted by molar-refractivity contribution is -0.120. The van der Waals surface area contributed by atoms with Crippen LogP contribution in [0.15, 0.2) is 48.5 Å². The fraction of sp³-hybridized carbons (Fsp3) is 0.263. The van der Waals surface area contributed by atoms with Crippen LogP contribution in [0.1, 0.15) is 15.9 Å². The van der Waals surface area contributed by atoms with E-state index in [0.29, 0.717) is 18.7 Å². The monoisotopic (exact) mass is 355 g/mol. The zero-order valence-electron chi connectivity index (χ0n) is 14.1. The van der Waals surface area contributed by atoms with Crippen molar-refractivity contribution in [3.05, 3.63) is 59.7 Å². The Balaban J connectivity index is 1.62. The number of nitrogens with one attached hydrogen (secondary N) is 2. The SMILES string of the molecule is CSCc1ccc(C(=O)Nc2ccc(N3CCNC(=O)C3)cc2)cc1.